The number of halogens is 4. The summed E-state index contributed by atoms with van der Waals surface area (Å²) < 4.78 is 52.4. The molecule has 0 heterocycles. The normalized spacial score (nSPS) is 15.5. The van der Waals surface area contributed by atoms with Crippen molar-refractivity contribution in [2.24, 2.45) is 5.73 Å². The van der Waals surface area contributed by atoms with Gasteiger partial charge in [0.15, 0.2) is 0 Å². The zero-order valence-electron chi connectivity index (χ0n) is 8.83. The van der Waals surface area contributed by atoms with E-state index in [1.807, 2.05) is 0 Å². The van der Waals surface area contributed by atoms with Crippen LogP contribution in [0.25, 0.3) is 0 Å². The molecule has 2 atom stereocenters. The van der Waals surface area contributed by atoms with Gasteiger partial charge in [-0.25, -0.2) is 4.39 Å². The van der Waals surface area contributed by atoms with Crippen LogP contribution in [-0.2, 0) is 0 Å². The lowest BCUT2D eigenvalue weighted by Gasteiger charge is -2.16. The van der Waals surface area contributed by atoms with Gasteiger partial charge in [0.1, 0.15) is 11.6 Å². The molecular weight excluding hydrogens is 242 g/mol. The van der Waals surface area contributed by atoms with Crippen molar-refractivity contribution in [3.8, 4) is 5.75 Å². The summed E-state index contributed by atoms with van der Waals surface area (Å²) in [7, 11) is 0. The van der Waals surface area contributed by atoms with Crippen molar-refractivity contribution >= 4 is 0 Å². The number of ether oxygens (including phenoxy) is 1. The predicted molar refractivity (Wildman–Crippen MR) is 51.7 cm³/mol. The molecule has 0 unspecified atom stereocenters. The smallest absolute Gasteiger partial charge is 0.406 e. The van der Waals surface area contributed by atoms with E-state index in [-0.39, 0.29) is 5.56 Å². The SMILES string of the molecule is C[C@@H](N)[C@@H](O)c1cc(F)cc(OC(F)(F)F)c1. The van der Waals surface area contributed by atoms with Gasteiger partial charge >= 0.3 is 6.36 Å². The molecule has 96 valence electrons. The largest absolute Gasteiger partial charge is 0.573 e. The highest BCUT2D eigenvalue weighted by Crippen LogP contribution is 2.27. The number of hydrogen-bond donors (Lipinski definition) is 2. The molecule has 0 aliphatic carbocycles. The summed E-state index contributed by atoms with van der Waals surface area (Å²) in [5, 5.41) is 9.52. The molecule has 7 heteroatoms. The number of rotatable bonds is 3. The highest BCUT2D eigenvalue weighted by atomic mass is 19.4. The molecule has 0 aromatic heterocycles. The Bertz CT molecular complexity index is 392. The van der Waals surface area contributed by atoms with Crippen LogP contribution in [-0.4, -0.2) is 17.5 Å². The van der Waals surface area contributed by atoms with E-state index >= 15 is 0 Å². The molecule has 17 heavy (non-hydrogen) atoms. The summed E-state index contributed by atoms with van der Waals surface area (Å²) in [6.07, 6.45) is -6.18. The first-order chi connectivity index (χ1) is 7.69. The van der Waals surface area contributed by atoms with Crippen LogP contribution in [0.3, 0.4) is 0 Å². The maximum absolute atomic E-state index is 13.0. The van der Waals surface area contributed by atoms with Gasteiger partial charge in [0.25, 0.3) is 0 Å². The topological polar surface area (TPSA) is 55.5 Å². The minimum Gasteiger partial charge on any atom is -0.406 e. The first kappa shape index (κ1) is 13.7. The first-order valence-corrected chi connectivity index (χ1v) is 4.69. The van der Waals surface area contributed by atoms with E-state index in [1.165, 1.54) is 6.92 Å². The second-order valence-electron chi connectivity index (χ2n) is 3.57. The Kier molecular flexibility index (Phi) is 3.94. The number of nitrogens with two attached hydrogens (primary N) is 1. The maximum atomic E-state index is 13.0. The van der Waals surface area contributed by atoms with Gasteiger partial charge in [0, 0.05) is 12.1 Å². The second-order valence-corrected chi connectivity index (χ2v) is 3.57. The minimum absolute atomic E-state index is 0.0701. The number of aliphatic hydroxyl groups is 1. The standard InChI is InChI=1S/C10H11F4NO2/c1-5(15)9(16)6-2-7(11)4-8(3-6)17-10(12,13)14/h2-5,9,16H,15H2,1H3/t5-,9-/m1/s1. The van der Waals surface area contributed by atoms with Gasteiger partial charge in [-0.1, -0.05) is 0 Å². The molecule has 1 aromatic rings. The van der Waals surface area contributed by atoms with Crippen molar-refractivity contribution < 1.29 is 27.4 Å². The van der Waals surface area contributed by atoms with Crippen LogP contribution in [0.15, 0.2) is 18.2 Å². The fourth-order valence-electron chi connectivity index (χ4n) is 1.25. The lowest BCUT2D eigenvalue weighted by atomic mass is 10.0. The molecule has 0 amide bonds. The Morgan fingerprint density at radius 3 is 2.35 bits per heavy atom. The van der Waals surface area contributed by atoms with E-state index in [0.29, 0.717) is 6.07 Å². The zero-order chi connectivity index (χ0) is 13.2. The van der Waals surface area contributed by atoms with E-state index in [1.54, 1.807) is 0 Å². The second kappa shape index (κ2) is 4.89. The van der Waals surface area contributed by atoms with Gasteiger partial charge in [-0.15, -0.1) is 13.2 Å². The van der Waals surface area contributed by atoms with Crippen molar-refractivity contribution in [2.75, 3.05) is 0 Å². The van der Waals surface area contributed by atoms with E-state index in [0.717, 1.165) is 12.1 Å². The number of hydrogen-bond acceptors (Lipinski definition) is 3. The molecule has 0 saturated carbocycles. The minimum atomic E-state index is -4.91. The van der Waals surface area contributed by atoms with E-state index in [4.69, 9.17) is 5.73 Å². The Labute approximate surface area is 94.8 Å². The zero-order valence-corrected chi connectivity index (χ0v) is 8.83. The molecule has 1 aromatic carbocycles. The number of alkyl halides is 3. The van der Waals surface area contributed by atoms with Gasteiger partial charge in [0.05, 0.1) is 6.10 Å². The summed E-state index contributed by atoms with van der Waals surface area (Å²) in [4.78, 5) is 0. The van der Waals surface area contributed by atoms with Crippen LogP contribution in [0, 0.1) is 5.82 Å². The third-order valence-corrected chi connectivity index (χ3v) is 1.97. The lowest BCUT2D eigenvalue weighted by Crippen LogP contribution is -2.24. The third kappa shape index (κ3) is 4.20. The fraction of sp³-hybridized carbons (Fsp3) is 0.400. The Balaban J connectivity index is 3.02. The highest BCUT2D eigenvalue weighted by Gasteiger charge is 2.31. The number of benzene rings is 1. The molecule has 0 aliphatic heterocycles. The fourth-order valence-corrected chi connectivity index (χ4v) is 1.25. The molecule has 0 saturated heterocycles. The summed E-state index contributed by atoms with van der Waals surface area (Å²) in [5.41, 5.74) is 5.29. The highest BCUT2D eigenvalue weighted by molar-refractivity contribution is 5.31. The molecule has 0 fully saturated rings. The average Bonchev–Trinajstić information content (AvgIpc) is 2.12. The molecular formula is C10H11F4NO2. The average molecular weight is 253 g/mol. The number of aliphatic hydroxyl groups excluding tert-OH is 1. The van der Waals surface area contributed by atoms with Gasteiger partial charge in [-0.3, -0.25) is 0 Å². The molecule has 0 bridgehead atoms. The van der Waals surface area contributed by atoms with Crippen molar-refractivity contribution in [1.29, 1.82) is 0 Å². The van der Waals surface area contributed by atoms with Crippen LogP contribution in [0.2, 0.25) is 0 Å². The molecule has 3 N–H and O–H groups in total. The van der Waals surface area contributed by atoms with Crippen molar-refractivity contribution in [3.63, 3.8) is 0 Å². The first-order valence-electron chi connectivity index (χ1n) is 4.69. The summed E-state index contributed by atoms with van der Waals surface area (Å²) >= 11 is 0. The van der Waals surface area contributed by atoms with Crippen molar-refractivity contribution in [1.82, 2.24) is 0 Å². The molecule has 0 radical (unpaired) electrons. The maximum Gasteiger partial charge on any atom is 0.573 e. The van der Waals surface area contributed by atoms with Crippen LogP contribution < -0.4 is 10.5 Å². The van der Waals surface area contributed by atoms with Crippen LogP contribution in [0.4, 0.5) is 17.6 Å². The van der Waals surface area contributed by atoms with Gasteiger partial charge in [-0.2, -0.15) is 0 Å². The Hall–Kier alpha value is -1.34. The Morgan fingerprint density at radius 1 is 1.29 bits per heavy atom. The van der Waals surface area contributed by atoms with E-state index in [2.05, 4.69) is 4.74 Å². The van der Waals surface area contributed by atoms with Crippen molar-refractivity contribution in [3.05, 3.63) is 29.6 Å². The van der Waals surface area contributed by atoms with Crippen LogP contribution >= 0.6 is 0 Å². The third-order valence-electron chi connectivity index (χ3n) is 1.97. The quantitative estimate of drug-likeness (QED) is 0.811. The van der Waals surface area contributed by atoms with Crippen molar-refractivity contribution in [2.45, 2.75) is 25.4 Å². The summed E-state index contributed by atoms with van der Waals surface area (Å²) in [6.45, 7) is 1.44. The monoisotopic (exact) mass is 253 g/mol. The Morgan fingerprint density at radius 2 is 1.88 bits per heavy atom. The van der Waals surface area contributed by atoms with E-state index in [9.17, 15) is 22.7 Å². The van der Waals surface area contributed by atoms with Gasteiger partial charge in [-0.05, 0) is 24.6 Å². The predicted octanol–water partition coefficient (Wildman–Crippen LogP) is 2.10. The van der Waals surface area contributed by atoms with Gasteiger partial charge in [0.2, 0.25) is 0 Å². The molecule has 3 nitrogen and oxygen atoms in total. The molecule has 0 aliphatic rings. The lowest BCUT2D eigenvalue weighted by molar-refractivity contribution is -0.274. The van der Waals surface area contributed by atoms with Crippen LogP contribution in [0.5, 0.6) is 5.75 Å². The summed E-state index contributed by atoms with van der Waals surface area (Å²) in [5.74, 6) is -1.67. The van der Waals surface area contributed by atoms with Gasteiger partial charge < -0.3 is 15.6 Å². The molecule has 0 spiro atoms. The molecule has 1 rings (SSSR count). The van der Waals surface area contributed by atoms with E-state index < -0.39 is 30.1 Å². The van der Waals surface area contributed by atoms with Crippen LogP contribution in [0.1, 0.15) is 18.6 Å². The summed E-state index contributed by atoms with van der Waals surface area (Å²) in [6, 6.07) is 1.63.